The van der Waals surface area contributed by atoms with E-state index in [1.165, 1.54) is 12.2 Å². The first-order chi connectivity index (χ1) is 21.6. The molecule has 46 heavy (non-hydrogen) atoms. The predicted octanol–water partition coefficient (Wildman–Crippen LogP) is 4.95. The highest BCUT2D eigenvalue weighted by Gasteiger charge is 2.80. The Kier molecular flexibility index (Phi) is 9.67. The van der Waals surface area contributed by atoms with Crippen molar-refractivity contribution in [3.8, 4) is 0 Å². The van der Waals surface area contributed by atoms with Gasteiger partial charge in [-0.15, -0.1) is 0 Å². The molecular weight excluding hydrogens is 598 g/mol. The highest BCUT2D eigenvalue weighted by molar-refractivity contribution is 6.01. The van der Waals surface area contributed by atoms with Crippen molar-refractivity contribution in [3.05, 3.63) is 23.8 Å². The fourth-order valence-corrected chi connectivity index (χ4v) is 9.62. The van der Waals surface area contributed by atoms with Crippen molar-refractivity contribution in [2.24, 2.45) is 22.7 Å². The number of carbonyl (C=O) groups is 3. The van der Waals surface area contributed by atoms with Gasteiger partial charge in [0.15, 0.2) is 29.9 Å². The highest BCUT2D eigenvalue weighted by atomic mass is 19.1. The van der Waals surface area contributed by atoms with Crippen molar-refractivity contribution in [2.45, 2.75) is 123 Å². The number of Topliss-reactive ketones (excluding diaryl/α,β-unsaturated/α-hetero) is 1. The second-order valence-electron chi connectivity index (χ2n) is 14.6. The third-order valence-electron chi connectivity index (χ3n) is 12.1. The van der Waals surface area contributed by atoms with Gasteiger partial charge in [0.25, 0.3) is 0 Å². The molecule has 0 spiro atoms. The lowest BCUT2D eigenvalue weighted by Crippen LogP contribution is -2.71. The second kappa shape index (κ2) is 12.7. The molecule has 1 N–H and O–H groups in total. The average molecular weight is 651 g/mol. The van der Waals surface area contributed by atoms with E-state index < -0.39 is 82.9 Å². The Bertz CT molecular complexity index is 1280. The lowest BCUT2D eigenvalue weighted by atomic mass is 9.44. The minimum atomic E-state index is -2.29. The molecule has 1 unspecified atom stereocenters. The van der Waals surface area contributed by atoms with Gasteiger partial charge in [0.05, 0.1) is 12.2 Å². The first-order valence-corrected chi connectivity index (χ1v) is 17.1. The maximum absolute atomic E-state index is 17.7. The van der Waals surface area contributed by atoms with Crippen LogP contribution in [0.25, 0.3) is 0 Å². The van der Waals surface area contributed by atoms with Crippen molar-refractivity contribution in [2.75, 3.05) is 32.8 Å². The van der Waals surface area contributed by atoms with Gasteiger partial charge in [0.1, 0.15) is 6.17 Å². The number of hydrogen-bond donors (Lipinski definition) is 1. The Balaban J connectivity index is 1.43. The van der Waals surface area contributed by atoms with Crippen LogP contribution in [-0.4, -0.2) is 107 Å². The summed E-state index contributed by atoms with van der Waals surface area (Å²) in [6.45, 7) is 15.2. The molecule has 4 fully saturated rings. The number of aliphatic hydroxyl groups excluding tert-OH is 1. The fraction of sp³-hybridized carbons (Fsp3) is 0.800. The molecule has 3 saturated carbocycles. The number of halogens is 2. The minimum Gasteiger partial charge on any atom is -0.441 e. The second-order valence-corrected chi connectivity index (χ2v) is 14.6. The van der Waals surface area contributed by atoms with Crippen LogP contribution >= 0.6 is 0 Å². The van der Waals surface area contributed by atoms with Gasteiger partial charge in [0, 0.05) is 42.4 Å². The molecule has 1 amide bonds. The maximum Gasteiger partial charge on any atom is 0.410 e. The van der Waals surface area contributed by atoms with Gasteiger partial charge in [-0.2, -0.15) is 0 Å². The van der Waals surface area contributed by atoms with Crippen molar-refractivity contribution in [3.63, 3.8) is 0 Å². The molecule has 1 aliphatic heterocycles. The Morgan fingerprint density at radius 2 is 1.85 bits per heavy atom. The molecule has 1 heterocycles. The highest BCUT2D eigenvalue weighted by Crippen LogP contribution is 2.72. The van der Waals surface area contributed by atoms with Gasteiger partial charge >= 0.3 is 6.09 Å². The molecule has 258 valence electrons. The number of aliphatic hydroxyl groups is 1. The van der Waals surface area contributed by atoms with E-state index in [4.69, 9.17) is 14.2 Å². The zero-order valence-corrected chi connectivity index (χ0v) is 28.4. The first kappa shape index (κ1) is 35.1. The Labute approximate surface area is 271 Å². The van der Waals surface area contributed by atoms with Crippen LogP contribution in [0.5, 0.6) is 0 Å². The lowest BCUT2D eigenvalue weighted by Gasteiger charge is -2.63. The summed E-state index contributed by atoms with van der Waals surface area (Å²) < 4.78 is 52.1. The van der Waals surface area contributed by atoms with Crippen LogP contribution in [0.15, 0.2) is 23.8 Å². The third kappa shape index (κ3) is 5.10. The molecular formula is C35H52F2N2O7. The van der Waals surface area contributed by atoms with E-state index in [0.29, 0.717) is 32.1 Å². The summed E-state index contributed by atoms with van der Waals surface area (Å²) >= 11 is 0. The Morgan fingerprint density at radius 3 is 2.48 bits per heavy atom. The van der Waals surface area contributed by atoms with E-state index in [1.807, 2.05) is 20.8 Å². The summed E-state index contributed by atoms with van der Waals surface area (Å²) in [6.07, 6.45) is -0.361. The molecule has 0 aromatic heterocycles. The standard InChI is InChI=1S/C35H52F2N2O7/c1-8-11-30-45-29-18-23-24-17-26(36)25-16-22(40)12-13-32(25,6)34(24,37)27(41)19-33(23,7)35(29,46-30)28(42)20-44-31(43)39(10-3)15-14-38(9-2)21(4)5/h12-13,16,21,23-24,26-27,29-30,41H,8-11,14-15,17-20H2,1-7H3/t23-,24-,26-,27-,29+,30?,32-,33-,34-,35+/m0/s1. The van der Waals surface area contributed by atoms with E-state index >= 15 is 8.78 Å². The van der Waals surface area contributed by atoms with Crippen LogP contribution in [0.1, 0.15) is 80.6 Å². The first-order valence-electron chi connectivity index (χ1n) is 17.1. The number of allylic oxidation sites excluding steroid dienone is 4. The maximum atomic E-state index is 17.7. The van der Waals surface area contributed by atoms with Gasteiger partial charge in [-0.1, -0.05) is 33.3 Å². The zero-order chi connectivity index (χ0) is 33.8. The molecule has 0 bridgehead atoms. The van der Waals surface area contributed by atoms with Gasteiger partial charge in [-0.3, -0.25) is 14.5 Å². The molecule has 4 aliphatic carbocycles. The molecule has 10 atom stereocenters. The molecule has 11 heteroatoms. The topological polar surface area (TPSA) is 106 Å². The van der Waals surface area contributed by atoms with Crippen LogP contribution in [0, 0.1) is 22.7 Å². The van der Waals surface area contributed by atoms with Crippen molar-refractivity contribution in [1.29, 1.82) is 0 Å². The number of hydrogen-bond acceptors (Lipinski definition) is 8. The molecule has 1 saturated heterocycles. The van der Waals surface area contributed by atoms with E-state index in [2.05, 4.69) is 25.7 Å². The molecule has 5 aliphatic rings. The predicted molar refractivity (Wildman–Crippen MR) is 167 cm³/mol. The number of likely N-dealkylation sites (N-methyl/N-ethyl adjacent to an activating group) is 2. The van der Waals surface area contributed by atoms with E-state index in [0.717, 1.165) is 19.0 Å². The number of nitrogens with zero attached hydrogens (tertiary/aromatic N) is 2. The average Bonchev–Trinajstić information content (AvgIpc) is 3.48. The van der Waals surface area contributed by atoms with E-state index in [1.54, 1.807) is 11.8 Å². The van der Waals surface area contributed by atoms with E-state index in [-0.39, 0.29) is 24.8 Å². The molecule has 0 aromatic rings. The summed E-state index contributed by atoms with van der Waals surface area (Å²) in [7, 11) is 0. The molecule has 9 nitrogen and oxygen atoms in total. The number of alkyl halides is 2. The van der Waals surface area contributed by atoms with Gasteiger partial charge in [0.2, 0.25) is 5.78 Å². The van der Waals surface area contributed by atoms with Crippen LogP contribution in [0.4, 0.5) is 13.6 Å². The van der Waals surface area contributed by atoms with Crippen LogP contribution in [-0.2, 0) is 23.8 Å². The number of rotatable bonds is 11. The van der Waals surface area contributed by atoms with Crippen LogP contribution < -0.4 is 0 Å². The Morgan fingerprint density at radius 1 is 1.13 bits per heavy atom. The summed E-state index contributed by atoms with van der Waals surface area (Å²) in [6, 6.07) is 0.316. The third-order valence-corrected chi connectivity index (χ3v) is 12.1. The largest absolute Gasteiger partial charge is 0.441 e. The Hall–Kier alpha value is -2.21. The summed E-state index contributed by atoms with van der Waals surface area (Å²) in [5.74, 6) is -2.47. The van der Waals surface area contributed by atoms with Crippen LogP contribution in [0.2, 0.25) is 0 Å². The molecule has 0 radical (unpaired) electrons. The number of amides is 1. The molecule has 5 rings (SSSR count). The number of fused-ring (bicyclic) bond motifs is 7. The lowest BCUT2D eigenvalue weighted by molar-refractivity contribution is -0.234. The summed E-state index contributed by atoms with van der Waals surface area (Å²) in [5.41, 5.74) is -6.53. The smallest absolute Gasteiger partial charge is 0.410 e. The zero-order valence-electron chi connectivity index (χ0n) is 28.4. The fourth-order valence-electron chi connectivity index (χ4n) is 9.62. The summed E-state index contributed by atoms with van der Waals surface area (Å²) in [5, 5.41) is 11.8. The van der Waals surface area contributed by atoms with Crippen molar-refractivity contribution >= 4 is 17.7 Å². The number of carbonyl (C=O) groups excluding carboxylic acids is 3. The van der Waals surface area contributed by atoms with Crippen molar-refractivity contribution < 1.29 is 42.5 Å². The normalized spacial score (nSPS) is 41.1. The number of ether oxygens (including phenoxy) is 3. The quantitative estimate of drug-likeness (QED) is 0.335. The van der Waals surface area contributed by atoms with Crippen molar-refractivity contribution in [1.82, 2.24) is 9.80 Å². The van der Waals surface area contributed by atoms with Gasteiger partial charge in [-0.25, -0.2) is 13.6 Å². The van der Waals surface area contributed by atoms with Gasteiger partial charge < -0.3 is 24.2 Å². The van der Waals surface area contributed by atoms with Gasteiger partial charge in [-0.05, 0) is 83.6 Å². The minimum absolute atomic E-state index is 0.0451. The van der Waals surface area contributed by atoms with E-state index in [9.17, 15) is 19.5 Å². The van der Waals surface area contributed by atoms with Crippen LogP contribution in [0.3, 0.4) is 0 Å². The monoisotopic (exact) mass is 650 g/mol. The number of ketones is 2. The SMILES string of the molecule is CCCC1O[C@@H]2C[C@H]3[C@@H]4C[C@H](F)C5=CC(=O)C=C[C@]5(C)[C@@]4(F)[C@@H](O)C[C@]3(C)[C@]2(C(=O)COC(=O)N(CC)CCN(CC)C(C)C)O1. The molecule has 0 aromatic carbocycles. The summed E-state index contributed by atoms with van der Waals surface area (Å²) in [4.78, 5) is 43.5.